The van der Waals surface area contributed by atoms with Crippen LogP contribution in [0.25, 0.3) is 0 Å². The average molecular weight is 227 g/mol. The van der Waals surface area contributed by atoms with Crippen molar-refractivity contribution in [3.8, 4) is 0 Å². The number of hydrogen-bond donors (Lipinski definition) is 0. The van der Waals surface area contributed by atoms with E-state index >= 15 is 0 Å². The normalized spacial score (nSPS) is 9.83. The number of hydrogen-bond acceptors (Lipinski definition) is 1. The third-order valence-electron chi connectivity index (χ3n) is 1.72. The monoisotopic (exact) mass is 226 g/mol. The van der Waals surface area contributed by atoms with Gasteiger partial charge < -0.3 is 0 Å². The van der Waals surface area contributed by atoms with Crippen molar-refractivity contribution in [3.63, 3.8) is 0 Å². The summed E-state index contributed by atoms with van der Waals surface area (Å²) in [5.41, 5.74) is 1.96. The van der Waals surface area contributed by atoms with Crippen molar-refractivity contribution in [2.24, 2.45) is 0 Å². The molecule has 0 aliphatic rings. The SMILES string of the molecule is CCC(=O)c1cccc(CBr)c1. The quantitative estimate of drug-likeness (QED) is 0.572. The fourth-order valence-corrected chi connectivity index (χ4v) is 1.38. The van der Waals surface area contributed by atoms with E-state index in [1.165, 1.54) is 0 Å². The van der Waals surface area contributed by atoms with E-state index in [2.05, 4.69) is 15.9 Å². The summed E-state index contributed by atoms with van der Waals surface area (Å²) in [6.07, 6.45) is 0.575. The Hall–Kier alpha value is -0.630. The largest absolute Gasteiger partial charge is 0.294 e. The number of halogens is 1. The molecule has 1 nitrogen and oxygen atoms in total. The van der Waals surface area contributed by atoms with Gasteiger partial charge >= 0.3 is 0 Å². The molecule has 0 saturated carbocycles. The number of carbonyl (C=O) groups is 1. The zero-order chi connectivity index (χ0) is 8.97. The maximum absolute atomic E-state index is 11.3. The summed E-state index contributed by atoms with van der Waals surface area (Å²) in [4.78, 5) is 11.3. The molecular formula is C10H11BrO. The summed E-state index contributed by atoms with van der Waals surface area (Å²) in [6.45, 7) is 1.88. The Morgan fingerprint density at radius 3 is 2.83 bits per heavy atom. The number of carbonyl (C=O) groups excluding carboxylic acids is 1. The first-order valence-electron chi connectivity index (χ1n) is 3.96. The van der Waals surface area contributed by atoms with Crippen LogP contribution in [-0.2, 0) is 5.33 Å². The van der Waals surface area contributed by atoms with E-state index < -0.39 is 0 Å². The summed E-state index contributed by atoms with van der Waals surface area (Å²) >= 11 is 3.35. The molecule has 0 unspecified atom stereocenters. The van der Waals surface area contributed by atoms with Gasteiger partial charge in [-0.05, 0) is 11.6 Å². The highest BCUT2D eigenvalue weighted by Gasteiger charge is 2.02. The molecule has 0 fully saturated rings. The molecule has 0 aliphatic heterocycles. The highest BCUT2D eigenvalue weighted by molar-refractivity contribution is 9.08. The van der Waals surface area contributed by atoms with E-state index in [0.29, 0.717) is 6.42 Å². The number of ketones is 1. The topological polar surface area (TPSA) is 17.1 Å². The maximum atomic E-state index is 11.3. The van der Waals surface area contributed by atoms with Gasteiger partial charge in [-0.1, -0.05) is 41.1 Å². The second kappa shape index (κ2) is 4.41. The fraction of sp³-hybridized carbons (Fsp3) is 0.300. The van der Waals surface area contributed by atoms with Crippen LogP contribution in [0.2, 0.25) is 0 Å². The third-order valence-corrected chi connectivity index (χ3v) is 2.37. The van der Waals surface area contributed by atoms with Crippen LogP contribution in [0.5, 0.6) is 0 Å². The van der Waals surface area contributed by atoms with E-state index in [4.69, 9.17) is 0 Å². The first-order chi connectivity index (χ1) is 5.77. The Kier molecular flexibility index (Phi) is 3.48. The number of Topliss-reactive ketones (excluding diaryl/α,β-unsaturated/α-hetero) is 1. The lowest BCUT2D eigenvalue weighted by Gasteiger charge is -1.99. The predicted octanol–water partition coefficient (Wildman–Crippen LogP) is 3.17. The molecule has 1 rings (SSSR count). The van der Waals surface area contributed by atoms with Gasteiger partial charge in [-0.3, -0.25) is 4.79 Å². The second-order valence-corrected chi connectivity index (χ2v) is 3.17. The minimum Gasteiger partial charge on any atom is -0.294 e. The minimum absolute atomic E-state index is 0.206. The molecule has 0 bridgehead atoms. The lowest BCUT2D eigenvalue weighted by atomic mass is 10.1. The zero-order valence-electron chi connectivity index (χ0n) is 7.01. The van der Waals surface area contributed by atoms with Gasteiger partial charge in [0.05, 0.1) is 0 Å². The van der Waals surface area contributed by atoms with Crippen LogP contribution in [0.3, 0.4) is 0 Å². The van der Waals surface area contributed by atoms with Gasteiger partial charge in [0.1, 0.15) is 0 Å². The van der Waals surface area contributed by atoms with Crippen LogP contribution in [0.1, 0.15) is 29.3 Å². The number of rotatable bonds is 3. The Balaban J connectivity index is 2.93. The molecule has 1 aromatic carbocycles. The average Bonchev–Trinajstić information content (AvgIpc) is 2.17. The highest BCUT2D eigenvalue weighted by Crippen LogP contribution is 2.10. The second-order valence-electron chi connectivity index (χ2n) is 2.61. The smallest absolute Gasteiger partial charge is 0.162 e. The standard InChI is InChI=1S/C10H11BrO/c1-2-10(12)9-5-3-4-8(6-9)7-11/h3-6H,2,7H2,1H3. The molecule has 0 aromatic heterocycles. The Morgan fingerprint density at radius 1 is 1.50 bits per heavy atom. The minimum atomic E-state index is 0.206. The van der Waals surface area contributed by atoms with E-state index in [9.17, 15) is 4.79 Å². The highest BCUT2D eigenvalue weighted by atomic mass is 79.9. The molecule has 0 amide bonds. The first-order valence-corrected chi connectivity index (χ1v) is 5.08. The van der Waals surface area contributed by atoms with Crippen molar-refractivity contribution in [2.45, 2.75) is 18.7 Å². The maximum Gasteiger partial charge on any atom is 0.162 e. The number of alkyl halides is 1. The summed E-state index contributed by atoms with van der Waals surface area (Å²) in [7, 11) is 0. The van der Waals surface area contributed by atoms with Crippen molar-refractivity contribution in [3.05, 3.63) is 35.4 Å². The molecule has 64 valence electrons. The van der Waals surface area contributed by atoms with Crippen LogP contribution in [0, 0.1) is 0 Å². The van der Waals surface area contributed by atoms with Gasteiger partial charge in [0.15, 0.2) is 5.78 Å². The summed E-state index contributed by atoms with van der Waals surface area (Å²) in [5.74, 6) is 0.206. The molecule has 0 atom stereocenters. The lowest BCUT2D eigenvalue weighted by Crippen LogP contribution is -1.96. The summed E-state index contributed by atoms with van der Waals surface area (Å²) < 4.78 is 0. The van der Waals surface area contributed by atoms with Gasteiger partial charge in [-0.15, -0.1) is 0 Å². The van der Waals surface area contributed by atoms with Crippen molar-refractivity contribution >= 4 is 21.7 Å². The molecule has 0 spiro atoms. The van der Waals surface area contributed by atoms with E-state index in [0.717, 1.165) is 16.5 Å². The van der Waals surface area contributed by atoms with Gasteiger partial charge in [-0.25, -0.2) is 0 Å². The molecule has 0 heterocycles. The van der Waals surface area contributed by atoms with Crippen LogP contribution >= 0.6 is 15.9 Å². The van der Waals surface area contributed by atoms with Crippen LogP contribution in [-0.4, -0.2) is 5.78 Å². The molecule has 1 aromatic rings. The van der Waals surface area contributed by atoms with Crippen molar-refractivity contribution < 1.29 is 4.79 Å². The van der Waals surface area contributed by atoms with Gasteiger partial charge in [0, 0.05) is 17.3 Å². The van der Waals surface area contributed by atoms with E-state index in [1.54, 1.807) is 0 Å². The predicted molar refractivity (Wildman–Crippen MR) is 53.7 cm³/mol. The van der Waals surface area contributed by atoms with E-state index in [1.807, 2.05) is 31.2 Å². The fourth-order valence-electron chi connectivity index (χ4n) is 1.03. The van der Waals surface area contributed by atoms with Gasteiger partial charge in [0.2, 0.25) is 0 Å². The molecule has 2 heteroatoms. The zero-order valence-corrected chi connectivity index (χ0v) is 8.60. The first kappa shape index (κ1) is 9.46. The molecule has 0 radical (unpaired) electrons. The van der Waals surface area contributed by atoms with Gasteiger partial charge in [0.25, 0.3) is 0 Å². The molecule has 0 aliphatic carbocycles. The molecule has 12 heavy (non-hydrogen) atoms. The van der Waals surface area contributed by atoms with Crippen LogP contribution in [0.15, 0.2) is 24.3 Å². The van der Waals surface area contributed by atoms with Crippen molar-refractivity contribution in [1.29, 1.82) is 0 Å². The van der Waals surface area contributed by atoms with Crippen molar-refractivity contribution in [1.82, 2.24) is 0 Å². The Labute approximate surface area is 80.9 Å². The van der Waals surface area contributed by atoms with E-state index in [-0.39, 0.29) is 5.78 Å². The van der Waals surface area contributed by atoms with Crippen molar-refractivity contribution in [2.75, 3.05) is 0 Å². The van der Waals surface area contributed by atoms with Crippen LogP contribution < -0.4 is 0 Å². The molecule has 0 N–H and O–H groups in total. The summed E-state index contributed by atoms with van der Waals surface area (Å²) in [5, 5.41) is 0.803. The van der Waals surface area contributed by atoms with Crippen LogP contribution in [0.4, 0.5) is 0 Å². The third kappa shape index (κ3) is 2.18. The Morgan fingerprint density at radius 2 is 2.25 bits per heavy atom. The molecule has 0 saturated heterocycles. The lowest BCUT2D eigenvalue weighted by molar-refractivity contribution is 0.0988. The summed E-state index contributed by atoms with van der Waals surface area (Å²) in [6, 6.07) is 7.71. The molecular weight excluding hydrogens is 216 g/mol. The number of benzene rings is 1. The Bertz CT molecular complexity index is 281. The van der Waals surface area contributed by atoms with Gasteiger partial charge in [-0.2, -0.15) is 0 Å².